The lowest BCUT2D eigenvalue weighted by Gasteiger charge is -2.32. The highest BCUT2D eigenvalue weighted by molar-refractivity contribution is 5.85. The lowest BCUT2D eigenvalue weighted by molar-refractivity contribution is -0.136. The van der Waals surface area contributed by atoms with Crippen LogP contribution >= 0.6 is 12.4 Å². The van der Waals surface area contributed by atoms with Crippen molar-refractivity contribution in [2.45, 2.75) is 44.8 Å². The molecule has 1 amide bonds. The molecule has 2 heterocycles. The first-order valence-corrected chi connectivity index (χ1v) is 6.40. The summed E-state index contributed by atoms with van der Waals surface area (Å²) in [6.45, 7) is 4.89. The molecule has 2 rings (SSSR count). The minimum absolute atomic E-state index is 0. The van der Waals surface area contributed by atoms with E-state index in [4.69, 9.17) is 4.74 Å². The van der Waals surface area contributed by atoms with Crippen molar-refractivity contribution in [2.24, 2.45) is 5.92 Å². The van der Waals surface area contributed by atoms with Crippen LogP contribution in [-0.4, -0.2) is 37.7 Å². The number of carbonyl (C=O) groups is 1. The van der Waals surface area contributed by atoms with Crippen molar-refractivity contribution >= 4 is 18.3 Å². The van der Waals surface area contributed by atoms with E-state index in [0.717, 1.165) is 45.4 Å². The number of hydrogen-bond donors (Lipinski definition) is 2. The highest BCUT2D eigenvalue weighted by Gasteiger charge is 2.27. The molecule has 0 aromatic heterocycles. The topological polar surface area (TPSA) is 50.4 Å². The molecule has 0 aromatic rings. The van der Waals surface area contributed by atoms with Gasteiger partial charge >= 0.3 is 0 Å². The summed E-state index contributed by atoms with van der Waals surface area (Å²) >= 11 is 0. The Morgan fingerprint density at radius 2 is 2.18 bits per heavy atom. The van der Waals surface area contributed by atoms with Gasteiger partial charge in [-0.3, -0.25) is 4.79 Å². The Bertz CT molecular complexity index is 245. The molecule has 2 fully saturated rings. The summed E-state index contributed by atoms with van der Waals surface area (Å²) in [5.41, 5.74) is 0. The van der Waals surface area contributed by atoms with Crippen LogP contribution < -0.4 is 10.6 Å². The van der Waals surface area contributed by atoms with Gasteiger partial charge in [0.2, 0.25) is 5.91 Å². The SMILES string of the molecule is CC1CCNCC1NC(=O)C1CCCCO1.Cl. The molecule has 0 bridgehead atoms. The summed E-state index contributed by atoms with van der Waals surface area (Å²) in [4.78, 5) is 11.9. The van der Waals surface area contributed by atoms with Crippen molar-refractivity contribution in [3.05, 3.63) is 0 Å². The van der Waals surface area contributed by atoms with Gasteiger partial charge < -0.3 is 15.4 Å². The Hall–Kier alpha value is -0.320. The number of rotatable bonds is 2. The fraction of sp³-hybridized carbons (Fsp3) is 0.917. The molecule has 0 aromatic carbocycles. The van der Waals surface area contributed by atoms with Crippen LogP contribution in [0.1, 0.15) is 32.6 Å². The number of amides is 1. The first-order chi connectivity index (χ1) is 7.77. The quantitative estimate of drug-likeness (QED) is 0.783. The van der Waals surface area contributed by atoms with Crippen LogP contribution in [0.5, 0.6) is 0 Å². The summed E-state index contributed by atoms with van der Waals surface area (Å²) in [6, 6.07) is 0.270. The van der Waals surface area contributed by atoms with Crippen molar-refractivity contribution < 1.29 is 9.53 Å². The second-order valence-electron chi connectivity index (χ2n) is 4.94. The van der Waals surface area contributed by atoms with E-state index in [2.05, 4.69) is 17.6 Å². The van der Waals surface area contributed by atoms with Gasteiger partial charge in [0.25, 0.3) is 0 Å². The maximum absolute atomic E-state index is 11.9. The number of ether oxygens (including phenoxy) is 1. The van der Waals surface area contributed by atoms with E-state index in [1.165, 1.54) is 0 Å². The van der Waals surface area contributed by atoms with Gasteiger partial charge in [-0.1, -0.05) is 6.92 Å². The predicted octanol–water partition coefficient (Wildman–Crippen LogP) is 1.09. The highest BCUT2D eigenvalue weighted by Crippen LogP contribution is 2.15. The Morgan fingerprint density at radius 1 is 1.35 bits per heavy atom. The third-order valence-corrected chi connectivity index (χ3v) is 3.63. The van der Waals surface area contributed by atoms with Crippen molar-refractivity contribution in [1.29, 1.82) is 0 Å². The molecule has 0 aliphatic carbocycles. The standard InChI is InChI=1S/C12H22N2O2.ClH/c1-9-5-6-13-8-10(9)14-12(15)11-4-2-3-7-16-11;/h9-11,13H,2-8H2,1H3,(H,14,15);1H. The van der Waals surface area contributed by atoms with Crippen LogP contribution in [0.2, 0.25) is 0 Å². The van der Waals surface area contributed by atoms with Gasteiger partial charge in [0.05, 0.1) is 0 Å². The molecule has 2 saturated heterocycles. The summed E-state index contributed by atoms with van der Waals surface area (Å²) in [5, 5.41) is 6.43. The predicted molar refractivity (Wildman–Crippen MR) is 69.4 cm³/mol. The minimum atomic E-state index is -0.206. The smallest absolute Gasteiger partial charge is 0.249 e. The second kappa shape index (κ2) is 7.19. The van der Waals surface area contributed by atoms with Crippen molar-refractivity contribution in [2.75, 3.05) is 19.7 Å². The van der Waals surface area contributed by atoms with Crippen LogP contribution in [0.15, 0.2) is 0 Å². The number of halogens is 1. The average molecular weight is 263 g/mol. The van der Waals surface area contributed by atoms with Crippen molar-refractivity contribution in [3.8, 4) is 0 Å². The molecule has 2 aliphatic rings. The summed E-state index contributed by atoms with van der Waals surface area (Å²) in [7, 11) is 0. The zero-order chi connectivity index (χ0) is 11.4. The van der Waals surface area contributed by atoms with Crippen LogP contribution in [0.3, 0.4) is 0 Å². The zero-order valence-electron chi connectivity index (χ0n) is 10.4. The number of piperidine rings is 1. The van der Waals surface area contributed by atoms with Gasteiger partial charge in [0, 0.05) is 19.2 Å². The second-order valence-corrected chi connectivity index (χ2v) is 4.94. The molecule has 3 unspecified atom stereocenters. The summed E-state index contributed by atoms with van der Waals surface area (Å²) in [6.07, 6.45) is 4.00. The van der Waals surface area contributed by atoms with Gasteiger partial charge in [-0.2, -0.15) is 0 Å². The fourth-order valence-electron chi connectivity index (χ4n) is 2.41. The third-order valence-electron chi connectivity index (χ3n) is 3.63. The van der Waals surface area contributed by atoms with Crippen LogP contribution in [0.25, 0.3) is 0 Å². The molecule has 0 saturated carbocycles. The molecule has 4 nitrogen and oxygen atoms in total. The average Bonchev–Trinajstić information content (AvgIpc) is 2.33. The van der Waals surface area contributed by atoms with Gasteiger partial charge in [-0.05, 0) is 38.1 Å². The Kier molecular flexibility index (Phi) is 6.23. The van der Waals surface area contributed by atoms with E-state index < -0.39 is 0 Å². The maximum Gasteiger partial charge on any atom is 0.249 e. The van der Waals surface area contributed by atoms with Gasteiger partial charge in [-0.15, -0.1) is 12.4 Å². The Labute approximate surface area is 109 Å². The minimum Gasteiger partial charge on any atom is -0.368 e. The van der Waals surface area contributed by atoms with E-state index in [1.54, 1.807) is 0 Å². The fourth-order valence-corrected chi connectivity index (χ4v) is 2.41. The van der Waals surface area contributed by atoms with Crippen molar-refractivity contribution in [1.82, 2.24) is 10.6 Å². The van der Waals surface area contributed by atoms with Gasteiger partial charge in [0.15, 0.2) is 0 Å². The zero-order valence-corrected chi connectivity index (χ0v) is 11.2. The molecule has 100 valence electrons. The molecule has 0 radical (unpaired) electrons. The van der Waals surface area contributed by atoms with E-state index >= 15 is 0 Å². The van der Waals surface area contributed by atoms with Gasteiger partial charge in [0.1, 0.15) is 6.10 Å². The number of hydrogen-bond acceptors (Lipinski definition) is 3. The monoisotopic (exact) mass is 262 g/mol. The number of nitrogens with one attached hydrogen (secondary N) is 2. The molecule has 2 aliphatic heterocycles. The van der Waals surface area contributed by atoms with Crippen LogP contribution in [0.4, 0.5) is 0 Å². The first-order valence-electron chi connectivity index (χ1n) is 6.40. The van der Waals surface area contributed by atoms with Crippen LogP contribution in [0, 0.1) is 5.92 Å². The third kappa shape index (κ3) is 4.12. The first kappa shape index (κ1) is 14.7. The van der Waals surface area contributed by atoms with E-state index in [0.29, 0.717) is 5.92 Å². The van der Waals surface area contributed by atoms with E-state index in [1.807, 2.05) is 0 Å². The molecular formula is C12H23ClN2O2. The molecule has 17 heavy (non-hydrogen) atoms. The molecule has 5 heteroatoms. The lowest BCUT2D eigenvalue weighted by Crippen LogP contribution is -2.53. The lowest BCUT2D eigenvalue weighted by atomic mass is 9.94. The molecule has 3 atom stereocenters. The Balaban J connectivity index is 0.00000144. The normalized spacial score (nSPS) is 33.6. The van der Waals surface area contributed by atoms with E-state index in [9.17, 15) is 4.79 Å². The molecular weight excluding hydrogens is 240 g/mol. The summed E-state index contributed by atoms with van der Waals surface area (Å²) < 4.78 is 5.48. The van der Waals surface area contributed by atoms with Crippen LogP contribution in [-0.2, 0) is 9.53 Å². The maximum atomic E-state index is 11.9. The van der Waals surface area contributed by atoms with Crippen molar-refractivity contribution in [3.63, 3.8) is 0 Å². The largest absolute Gasteiger partial charge is 0.368 e. The Morgan fingerprint density at radius 3 is 2.82 bits per heavy atom. The highest BCUT2D eigenvalue weighted by atomic mass is 35.5. The molecule has 2 N–H and O–H groups in total. The van der Waals surface area contributed by atoms with E-state index in [-0.39, 0.29) is 30.5 Å². The van der Waals surface area contributed by atoms with Gasteiger partial charge in [-0.25, -0.2) is 0 Å². The number of carbonyl (C=O) groups excluding carboxylic acids is 1. The molecule has 0 spiro atoms. The summed E-state index contributed by atoms with van der Waals surface area (Å²) in [5.74, 6) is 0.647.